The van der Waals surface area contributed by atoms with Gasteiger partial charge in [-0.3, -0.25) is 9.59 Å². The normalized spacial score (nSPS) is 10.5. The molecule has 6 nitrogen and oxygen atoms in total. The first kappa shape index (κ1) is 16.2. The second kappa shape index (κ2) is 6.74. The van der Waals surface area contributed by atoms with Crippen molar-refractivity contribution in [2.45, 2.75) is 6.92 Å². The van der Waals surface area contributed by atoms with E-state index in [1.807, 2.05) is 0 Å². The molecule has 2 aromatic rings. The Morgan fingerprint density at radius 1 is 1.32 bits per heavy atom. The summed E-state index contributed by atoms with van der Waals surface area (Å²) < 4.78 is 1.74. The maximum Gasteiger partial charge on any atom is 0.240 e. The fourth-order valence-corrected chi connectivity index (χ4v) is 2.38. The van der Waals surface area contributed by atoms with E-state index in [9.17, 15) is 9.59 Å². The Bertz CT molecular complexity index is 725. The number of nitrogens with zero attached hydrogens (tertiary/aromatic N) is 1. The van der Waals surface area contributed by atoms with Crippen LogP contribution >= 0.6 is 11.6 Å². The highest BCUT2D eigenvalue weighted by Gasteiger charge is 2.22. The van der Waals surface area contributed by atoms with Gasteiger partial charge in [0.1, 0.15) is 6.54 Å². The number of rotatable bonds is 5. The predicted molar refractivity (Wildman–Crippen MR) is 83.5 cm³/mol. The van der Waals surface area contributed by atoms with E-state index in [0.717, 1.165) is 0 Å². The maximum atomic E-state index is 12.7. The van der Waals surface area contributed by atoms with Gasteiger partial charge in [-0.05, 0) is 19.1 Å². The summed E-state index contributed by atoms with van der Waals surface area (Å²) in [6.45, 7) is 1.51. The van der Waals surface area contributed by atoms with Crippen LogP contribution in [0.2, 0.25) is 5.02 Å². The number of hydrogen-bond acceptors (Lipinski definition) is 4. The highest BCUT2D eigenvalue weighted by molar-refractivity contribution is 6.35. The molecule has 0 aliphatic carbocycles. The van der Waals surface area contributed by atoms with Gasteiger partial charge in [0.25, 0.3) is 0 Å². The zero-order valence-electron chi connectivity index (χ0n) is 12.2. The summed E-state index contributed by atoms with van der Waals surface area (Å²) in [5, 5.41) is 11.5. The first-order valence-electron chi connectivity index (χ1n) is 6.57. The van der Waals surface area contributed by atoms with Crippen molar-refractivity contribution in [2.75, 3.05) is 11.9 Å². The van der Waals surface area contributed by atoms with E-state index in [4.69, 9.17) is 16.8 Å². The lowest BCUT2D eigenvalue weighted by Crippen LogP contribution is -2.26. The summed E-state index contributed by atoms with van der Waals surface area (Å²) in [6.07, 6.45) is 1.65. The molecule has 1 aromatic heterocycles. The molecule has 22 heavy (non-hydrogen) atoms. The Morgan fingerprint density at radius 3 is 2.64 bits per heavy atom. The van der Waals surface area contributed by atoms with Crippen LogP contribution in [0.4, 0.5) is 5.69 Å². The predicted octanol–water partition coefficient (Wildman–Crippen LogP) is 2.14. The Balaban J connectivity index is 2.44. The van der Waals surface area contributed by atoms with Crippen LogP contribution in [0.5, 0.6) is 0 Å². The third-order valence-electron chi connectivity index (χ3n) is 3.34. The first-order chi connectivity index (χ1) is 10.5. The second-order valence-corrected chi connectivity index (χ2v) is 5.21. The first-order valence-corrected chi connectivity index (χ1v) is 6.95. The number of ketones is 1. The van der Waals surface area contributed by atoms with Gasteiger partial charge in [0.05, 0.1) is 16.3 Å². The molecular formula is C15H16ClN3O3. The third-order valence-corrected chi connectivity index (χ3v) is 3.67. The summed E-state index contributed by atoms with van der Waals surface area (Å²) >= 11 is 6.08. The Labute approximate surface area is 132 Å². The molecule has 0 aliphatic heterocycles. The van der Waals surface area contributed by atoms with E-state index in [2.05, 4.69) is 5.32 Å². The highest BCUT2D eigenvalue weighted by atomic mass is 35.5. The molecule has 0 saturated heterocycles. The van der Waals surface area contributed by atoms with Crippen LogP contribution in [0.1, 0.15) is 21.6 Å². The molecule has 0 atom stereocenters. The number of aryl methyl sites for hydroxylation is 1. The van der Waals surface area contributed by atoms with E-state index >= 15 is 0 Å². The molecule has 0 unspecified atom stereocenters. The lowest BCUT2D eigenvalue weighted by atomic mass is 10.0. The maximum absolute atomic E-state index is 12.7. The van der Waals surface area contributed by atoms with E-state index in [1.54, 1.807) is 54.5 Å². The number of benzene rings is 1. The summed E-state index contributed by atoms with van der Waals surface area (Å²) in [7, 11) is 1.78. The van der Waals surface area contributed by atoms with Crippen LogP contribution in [-0.2, 0) is 11.8 Å². The van der Waals surface area contributed by atoms with E-state index < -0.39 is 5.91 Å². The Hall–Kier alpha value is -2.15. The largest absolute Gasteiger partial charge is 0.352 e. The fraction of sp³-hybridized carbons (Fsp3) is 0.200. The van der Waals surface area contributed by atoms with Gasteiger partial charge in [-0.15, -0.1) is 0 Å². The van der Waals surface area contributed by atoms with Gasteiger partial charge in [-0.2, -0.15) is 5.48 Å². The number of carbonyl (C=O) groups is 2. The van der Waals surface area contributed by atoms with Crippen LogP contribution in [-0.4, -0.2) is 28.0 Å². The summed E-state index contributed by atoms with van der Waals surface area (Å²) in [6, 6.07) is 6.75. The van der Waals surface area contributed by atoms with E-state index in [0.29, 0.717) is 27.5 Å². The Kier molecular flexibility index (Phi) is 4.97. The summed E-state index contributed by atoms with van der Waals surface area (Å²) in [5.41, 5.74) is 3.61. The van der Waals surface area contributed by atoms with E-state index in [1.165, 1.54) is 0 Å². The number of halogens is 1. The number of hydrogen-bond donors (Lipinski definition) is 3. The van der Waals surface area contributed by atoms with Crippen molar-refractivity contribution in [3.05, 3.63) is 52.3 Å². The molecule has 1 amide bonds. The number of carbonyl (C=O) groups excluding carboxylic acids is 2. The molecule has 0 fully saturated rings. The van der Waals surface area contributed by atoms with Crippen molar-refractivity contribution in [3.63, 3.8) is 0 Å². The average molecular weight is 322 g/mol. The number of aromatic nitrogens is 1. The van der Waals surface area contributed by atoms with Crippen LogP contribution in [0.15, 0.2) is 30.5 Å². The number of nitrogens with one attached hydrogen (secondary N) is 2. The quantitative estimate of drug-likeness (QED) is 0.582. The third kappa shape index (κ3) is 3.19. The van der Waals surface area contributed by atoms with Crippen molar-refractivity contribution in [3.8, 4) is 0 Å². The van der Waals surface area contributed by atoms with Crippen LogP contribution in [0.25, 0.3) is 0 Å². The molecule has 116 valence electrons. The minimum atomic E-state index is -0.457. The Morgan fingerprint density at radius 2 is 2.00 bits per heavy atom. The molecule has 0 bridgehead atoms. The molecule has 7 heteroatoms. The minimum absolute atomic E-state index is 0.268. The van der Waals surface area contributed by atoms with Crippen molar-refractivity contribution in [2.24, 2.45) is 7.05 Å². The van der Waals surface area contributed by atoms with Crippen LogP contribution in [0, 0.1) is 6.92 Å². The van der Waals surface area contributed by atoms with Gasteiger partial charge in [-0.25, -0.2) is 0 Å². The van der Waals surface area contributed by atoms with Crippen LogP contribution in [0.3, 0.4) is 0 Å². The number of anilines is 1. The molecule has 1 aromatic carbocycles. The molecule has 0 spiro atoms. The number of hydroxylamine groups is 1. The fourth-order valence-electron chi connectivity index (χ4n) is 2.15. The van der Waals surface area contributed by atoms with Gasteiger partial charge in [0.2, 0.25) is 5.91 Å². The van der Waals surface area contributed by atoms with Crippen molar-refractivity contribution >= 4 is 29.0 Å². The lowest BCUT2D eigenvalue weighted by Gasteiger charge is -2.08. The molecular weight excluding hydrogens is 306 g/mol. The lowest BCUT2D eigenvalue weighted by molar-refractivity contribution is -0.116. The second-order valence-electron chi connectivity index (χ2n) is 4.81. The monoisotopic (exact) mass is 321 g/mol. The van der Waals surface area contributed by atoms with Gasteiger partial charge in [0.15, 0.2) is 5.78 Å². The molecule has 2 rings (SSSR count). The van der Waals surface area contributed by atoms with Gasteiger partial charge < -0.3 is 15.1 Å². The average Bonchev–Trinajstić information content (AvgIpc) is 2.74. The van der Waals surface area contributed by atoms with Gasteiger partial charge in [0, 0.05) is 24.5 Å². The molecule has 1 heterocycles. The minimum Gasteiger partial charge on any atom is -0.352 e. The number of amides is 1. The van der Waals surface area contributed by atoms with Crippen molar-refractivity contribution in [1.29, 1.82) is 0 Å². The topological polar surface area (TPSA) is 83.4 Å². The van der Waals surface area contributed by atoms with E-state index in [-0.39, 0.29) is 12.3 Å². The molecule has 0 radical (unpaired) electrons. The van der Waals surface area contributed by atoms with Gasteiger partial charge >= 0.3 is 0 Å². The smallest absolute Gasteiger partial charge is 0.240 e. The van der Waals surface area contributed by atoms with Crippen molar-refractivity contribution < 1.29 is 14.8 Å². The standard InChI is InChI=1S/C15H16ClN3O3/c1-9-14(15(21)10-5-3-4-6-11(10)16)12(8-19(9)2)18-13(20)7-17-22/h3-6,8,17,22H,7H2,1-2H3,(H,18,20). The zero-order chi connectivity index (χ0) is 16.3. The zero-order valence-corrected chi connectivity index (χ0v) is 12.9. The molecule has 0 aliphatic rings. The van der Waals surface area contributed by atoms with Gasteiger partial charge in [-0.1, -0.05) is 23.7 Å². The SMILES string of the molecule is Cc1c(C(=O)c2ccccc2Cl)c(NC(=O)CNO)cn1C. The highest BCUT2D eigenvalue weighted by Crippen LogP contribution is 2.27. The van der Waals surface area contributed by atoms with Crippen molar-refractivity contribution in [1.82, 2.24) is 10.0 Å². The summed E-state index contributed by atoms with van der Waals surface area (Å²) in [5.74, 6) is -0.725. The summed E-state index contributed by atoms with van der Waals surface area (Å²) in [4.78, 5) is 24.4. The molecule has 0 saturated carbocycles. The van der Waals surface area contributed by atoms with Crippen LogP contribution < -0.4 is 10.8 Å². The molecule has 3 N–H and O–H groups in total.